The number of piperidine rings is 1. The third-order valence-electron chi connectivity index (χ3n) is 3.22. The average molecular weight is 256 g/mol. The Kier molecular flexibility index (Phi) is 5.12. The zero-order chi connectivity index (χ0) is 13.7. The van der Waals surface area contributed by atoms with E-state index in [0.717, 1.165) is 0 Å². The molecule has 1 atom stereocenters. The zero-order valence-electron chi connectivity index (χ0n) is 11.1. The molecule has 1 saturated heterocycles. The Balaban J connectivity index is 2.41. The van der Waals surface area contributed by atoms with Crippen molar-refractivity contribution in [1.82, 2.24) is 10.2 Å². The summed E-state index contributed by atoms with van der Waals surface area (Å²) in [5.41, 5.74) is 0. The summed E-state index contributed by atoms with van der Waals surface area (Å²) in [4.78, 5) is 35.9. The van der Waals surface area contributed by atoms with Crippen molar-refractivity contribution in [1.29, 1.82) is 0 Å². The van der Waals surface area contributed by atoms with E-state index in [0.29, 0.717) is 25.9 Å². The standard InChI is InChI=1S/C12H20N2O4/c1-8(12(17)18-3)13-11(16)10-4-6-14(7-5-10)9(2)15/h8,10H,4-7H2,1-3H3,(H,13,16). The minimum absolute atomic E-state index is 0.0387. The zero-order valence-corrected chi connectivity index (χ0v) is 11.1. The summed E-state index contributed by atoms with van der Waals surface area (Å²) in [7, 11) is 1.29. The fourth-order valence-electron chi connectivity index (χ4n) is 2.02. The molecule has 6 nitrogen and oxygen atoms in total. The van der Waals surface area contributed by atoms with Gasteiger partial charge >= 0.3 is 5.97 Å². The first-order valence-electron chi connectivity index (χ1n) is 6.09. The maximum atomic E-state index is 11.9. The van der Waals surface area contributed by atoms with Crippen LogP contribution in [0, 0.1) is 5.92 Å². The normalized spacial score (nSPS) is 18.1. The number of ether oxygens (including phenoxy) is 1. The van der Waals surface area contributed by atoms with Crippen molar-refractivity contribution < 1.29 is 19.1 Å². The number of amides is 2. The Morgan fingerprint density at radius 3 is 2.28 bits per heavy atom. The van der Waals surface area contributed by atoms with Crippen molar-refractivity contribution >= 4 is 17.8 Å². The van der Waals surface area contributed by atoms with Crippen LogP contribution in [-0.2, 0) is 19.1 Å². The summed E-state index contributed by atoms with van der Waals surface area (Å²) in [6.07, 6.45) is 1.28. The molecule has 0 aromatic carbocycles. The largest absolute Gasteiger partial charge is 0.467 e. The van der Waals surface area contributed by atoms with Gasteiger partial charge in [0.1, 0.15) is 6.04 Å². The van der Waals surface area contributed by atoms with Crippen LogP contribution in [0.25, 0.3) is 0 Å². The molecule has 1 fully saturated rings. The number of carbonyl (C=O) groups is 3. The number of nitrogens with zero attached hydrogens (tertiary/aromatic N) is 1. The smallest absolute Gasteiger partial charge is 0.328 e. The van der Waals surface area contributed by atoms with E-state index < -0.39 is 12.0 Å². The Morgan fingerprint density at radius 2 is 1.83 bits per heavy atom. The molecule has 2 amide bonds. The van der Waals surface area contributed by atoms with Crippen LogP contribution in [0.4, 0.5) is 0 Å². The molecule has 0 aromatic rings. The van der Waals surface area contributed by atoms with E-state index in [2.05, 4.69) is 10.1 Å². The Morgan fingerprint density at radius 1 is 1.28 bits per heavy atom. The van der Waals surface area contributed by atoms with Gasteiger partial charge in [-0.05, 0) is 19.8 Å². The number of hydrogen-bond donors (Lipinski definition) is 1. The second-order valence-electron chi connectivity index (χ2n) is 4.53. The highest BCUT2D eigenvalue weighted by Crippen LogP contribution is 2.17. The van der Waals surface area contributed by atoms with Crippen LogP contribution in [-0.4, -0.2) is 48.9 Å². The van der Waals surface area contributed by atoms with Crippen LogP contribution in [0.15, 0.2) is 0 Å². The fraction of sp³-hybridized carbons (Fsp3) is 0.750. The number of nitrogens with one attached hydrogen (secondary N) is 1. The van der Waals surface area contributed by atoms with Crippen molar-refractivity contribution in [2.45, 2.75) is 32.7 Å². The lowest BCUT2D eigenvalue weighted by molar-refractivity contribution is -0.145. The molecular weight excluding hydrogens is 236 g/mol. The topological polar surface area (TPSA) is 75.7 Å². The van der Waals surface area contributed by atoms with Gasteiger partial charge in [-0.1, -0.05) is 0 Å². The second-order valence-corrected chi connectivity index (χ2v) is 4.53. The monoisotopic (exact) mass is 256 g/mol. The maximum Gasteiger partial charge on any atom is 0.328 e. The summed E-state index contributed by atoms with van der Waals surface area (Å²) < 4.78 is 4.54. The predicted octanol–water partition coefficient (Wildman–Crippen LogP) is -0.0774. The first-order valence-corrected chi connectivity index (χ1v) is 6.09. The molecule has 0 bridgehead atoms. The Labute approximate surface area is 107 Å². The van der Waals surface area contributed by atoms with Gasteiger partial charge in [0.15, 0.2) is 0 Å². The lowest BCUT2D eigenvalue weighted by Crippen LogP contribution is -2.46. The van der Waals surface area contributed by atoms with Crippen LogP contribution < -0.4 is 5.32 Å². The minimum atomic E-state index is -0.631. The lowest BCUT2D eigenvalue weighted by Gasteiger charge is -2.30. The third-order valence-corrected chi connectivity index (χ3v) is 3.22. The highest BCUT2D eigenvalue weighted by Gasteiger charge is 2.27. The summed E-state index contributed by atoms with van der Waals surface area (Å²) in [5.74, 6) is -0.690. The van der Waals surface area contributed by atoms with Crippen molar-refractivity contribution in [2.75, 3.05) is 20.2 Å². The van der Waals surface area contributed by atoms with Crippen molar-refractivity contribution in [2.24, 2.45) is 5.92 Å². The average Bonchev–Trinajstić information content (AvgIpc) is 2.37. The predicted molar refractivity (Wildman–Crippen MR) is 64.6 cm³/mol. The first kappa shape index (κ1) is 14.5. The lowest BCUT2D eigenvalue weighted by atomic mass is 9.95. The molecule has 1 rings (SSSR count). The molecule has 18 heavy (non-hydrogen) atoms. The number of methoxy groups -OCH3 is 1. The van der Waals surface area contributed by atoms with E-state index >= 15 is 0 Å². The van der Waals surface area contributed by atoms with Gasteiger partial charge < -0.3 is 15.0 Å². The summed E-state index contributed by atoms with van der Waals surface area (Å²) >= 11 is 0. The van der Waals surface area contributed by atoms with Crippen molar-refractivity contribution in [3.8, 4) is 0 Å². The van der Waals surface area contributed by atoms with E-state index in [1.165, 1.54) is 14.0 Å². The van der Waals surface area contributed by atoms with E-state index in [4.69, 9.17) is 0 Å². The molecule has 1 N–H and O–H groups in total. The quantitative estimate of drug-likeness (QED) is 0.717. The van der Waals surface area contributed by atoms with E-state index in [9.17, 15) is 14.4 Å². The van der Waals surface area contributed by atoms with Crippen LogP contribution in [0.1, 0.15) is 26.7 Å². The maximum absolute atomic E-state index is 11.9. The molecule has 1 unspecified atom stereocenters. The molecule has 0 aromatic heterocycles. The molecule has 1 aliphatic heterocycles. The Bertz CT molecular complexity index is 335. The highest BCUT2D eigenvalue weighted by molar-refractivity contribution is 5.85. The van der Waals surface area contributed by atoms with Crippen LogP contribution in [0.3, 0.4) is 0 Å². The molecule has 102 valence electrons. The number of likely N-dealkylation sites (tertiary alicyclic amines) is 1. The van der Waals surface area contributed by atoms with Crippen molar-refractivity contribution in [3.63, 3.8) is 0 Å². The molecule has 0 saturated carbocycles. The molecule has 1 aliphatic rings. The third kappa shape index (κ3) is 3.72. The minimum Gasteiger partial charge on any atom is -0.467 e. The summed E-state index contributed by atoms with van der Waals surface area (Å²) in [5, 5.41) is 2.63. The second kappa shape index (κ2) is 6.37. The van der Waals surface area contributed by atoms with Gasteiger partial charge in [0.2, 0.25) is 11.8 Å². The van der Waals surface area contributed by atoms with Gasteiger partial charge in [0.05, 0.1) is 7.11 Å². The van der Waals surface area contributed by atoms with Gasteiger partial charge in [0, 0.05) is 25.9 Å². The molecule has 6 heteroatoms. The SMILES string of the molecule is COC(=O)C(C)NC(=O)C1CCN(C(C)=O)CC1. The van der Waals surface area contributed by atoms with Gasteiger partial charge in [-0.2, -0.15) is 0 Å². The van der Waals surface area contributed by atoms with Gasteiger partial charge in [-0.3, -0.25) is 9.59 Å². The van der Waals surface area contributed by atoms with Crippen molar-refractivity contribution in [3.05, 3.63) is 0 Å². The van der Waals surface area contributed by atoms with E-state index in [1.807, 2.05) is 0 Å². The summed E-state index contributed by atoms with van der Waals surface area (Å²) in [6.45, 7) is 4.31. The van der Waals surface area contributed by atoms with Crippen LogP contribution >= 0.6 is 0 Å². The number of esters is 1. The van der Waals surface area contributed by atoms with E-state index in [1.54, 1.807) is 11.8 Å². The molecule has 1 heterocycles. The van der Waals surface area contributed by atoms with Gasteiger partial charge in [-0.25, -0.2) is 4.79 Å². The molecular formula is C12H20N2O4. The number of hydrogen-bond acceptors (Lipinski definition) is 4. The fourth-order valence-corrected chi connectivity index (χ4v) is 2.02. The number of rotatable bonds is 3. The first-order chi connectivity index (χ1) is 8.45. The molecule has 0 aliphatic carbocycles. The van der Waals surface area contributed by atoms with Crippen LogP contribution in [0.5, 0.6) is 0 Å². The number of carbonyl (C=O) groups excluding carboxylic acids is 3. The van der Waals surface area contributed by atoms with E-state index in [-0.39, 0.29) is 17.7 Å². The van der Waals surface area contributed by atoms with Gasteiger partial charge in [0.25, 0.3) is 0 Å². The highest BCUT2D eigenvalue weighted by atomic mass is 16.5. The molecule has 0 radical (unpaired) electrons. The molecule has 0 spiro atoms. The summed E-state index contributed by atoms with van der Waals surface area (Å²) in [6, 6.07) is -0.631. The Hall–Kier alpha value is -1.59. The van der Waals surface area contributed by atoms with Crippen LogP contribution in [0.2, 0.25) is 0 Å². The van der Waals surface area contributed by atoms with Gasteiger partial charge in [-0.15, -0.1) is 0 Å².